The Morgan fingerprint density at radius 1 is 0.880 bits per heavy atom. The molecule has 396 valence electrons. The van der Waals surface area contributed by atoms with E-state index in [0.717, 1.165) is 43.4 Å². The summed E-state index contributed by atoms with van der Waals surface area (Å²) >= 11 is 9.58. The molecule has 0 radical (unpaired) electrons. The van der Waals surface area contributed by atoms with Gasteiger partial charge in [0.05, 0.1) is 31.0 Å². The molecule has 17 nitrogen and oxygen atoms in total. The molecule has 2 aliphatic heterocycles. The predicted molar refractivity (Wildman–Crippen MR) is 291 cm³/mol. The van der Waals surface area contributed by atoms with Crippen molar-refractivity contribution >= 4 is 69.4 Å². The van der Waals surface area contributed by atoms with Crippen molar-refractivity contribution in [3.63, 3.8) is 0 Å². The second-order valence-electron chi connectivity index (χ2n) is 19.9. The molecule has 1 fully saturated rings. The zero-order valence-corrected chi connectivity index (χ0v) is 45.7. The maximum atomic E-state index is 14.0. The summed E-state index contributed by atoms with van der Waals surface area (Å²) in [6, 6.07) is 18.6. The minimum absolute atomic E-state index is 0.00813. The third kappa shape index (κ3) is 13.6. The van der Waals surface area contributed by atoms with Crippen LogP contribution in [0.15, 0.2) is 83.3 Å². The monoisotopic (exact) mass is 1080 g/mol. The van der Waals surface area contributed by atoms with Gasteiger partial charge in [-0.05, 0) is 97.5 Å². The number of carbonyl (C=O) groups excluding carboxylic acids is 4. The number of fused-ring (bicyclic) bond motifs is 3. The highest BCUT2D eigenvalue weighted by Gasteiger charge is 2.44. The van der Waals surface area contributed by atoms with Gasteiger partial charge in [-0.1, -0.05) is 68.8 Å². The van der Waals surface area contributed by atoms with Crippen LogP contribution in [0.1, 0.15) is 96.8 Å². The van der Waals surface area contributed by atoms with Crippen LogP contribution in [0.2, 0.25) is 5.02 Å². The number of anilines is 1. The van der Waals surface area contributed by atoms with Crippen molar-refractivity contribution in [3.8, 4) is 21.2 Å². The number of amides is 4. The van der Waals surface area contributed by atoms with Crippen LogP contribution in [0.3, 0.4) is 0 Å². The Kier molecular flexibility index (Phi) is 18.0. The minimum Gasteiger partial charge on any atom is -0.492 e. The van der Waals surface area contributed by atoms with Gasteiger partial charge in [0.15, 0.2) is 5.82 Å². The summed E-state index contributed by atoms with van der Waals surface area (Å²) in [6.07, 6.45) is 1.94. The van der Waals surface area contributed by atoms with Crippen LogP contribution in [-0.4, -0.2) is 117 Å². The first-order chi connectivity index (χ1) is 35.9. The number of nitrogens with zero attached hydrogens (tertiary/aromatic N) is 6. The van der Waals surface area contributed by atoms with Gasteiger partial charge in [-0.3, -0.25) is 28.7 Å². The number of likely N-dealkylation sites (tertiary alicyclic amines) is 1. The van der Waals surface area contributed by atoms with Gasteiger partial charge in [-0.2, -0.15) is 0 Å². The first-order valence-electron chi connectivity index (χ1n) is 25.0. The van der Waals surface area contributed by atoms with E-state index in [1.165, 1.54) is 15.3 Å². The van der Waals surface area contributed by atoms with E-state index in [-0.39, 0.29) is 51.0 Å². The minimum atomic E-state index is -0.962. The van der Waals surface area contributed by atoms with Crippen molar-refractivity contribution in [1.82, 2.24) is 35.3 Å². The van der Waals surface area contributed by atoms with Gasteiger partial charge in [0.2, 0.25) is 23.6 Å². The van der Waals surface area contributed by atoms with Crippen LogP contribution in [0, 0.1) is 33.1 Å². The Hall–Kier alpha value is -6.35. The van der Waals surface area contributed by atoms with E-state index in [1.807, 2.05) is 80.8 Å². The molecule has 75 heavy (non-hydrogen) atoms. The number of β-amino-alcohol motifs (C(OH)–C–C–N with tert-alkyl or cyclic N) is 1. The molecule has 2 aliphatic rings. The Morgan fingerprint density at radius 3 is 2.29 bits per heavy atom. The maximum Gasteiger partial charge on any atom is 0.246 e. The molecule has 4 N–H and O–H groups in total. The van der Waals surface area contributed by atoms with E-state index in [2.05, 4.69) is 63.3 Å². The van der Waals surface area contributed by atoms with Gasteiger partial charge >= 0.3 is 0 Å². The smallest absolute Gasteiger partial charge is 0.246 e. The molecule has 4 amide bonds. The molecule has 8 rings (SSSR count). The molecular formula is C55H64ClN9O8S2. The summed E-state index contributed by atoms with van der Waals surface area (Å²) in [5, 5.41) is 31.8. The molecule has 0 unspecified atom stereocenters. The van der Waals surface area contributed by atoms with E-state index in [9.17, 15) is 24.3 Å². The number of carbonyl (C=O) groups is 4. The van der Waals surface area contributed by atoms with E-state index < -0.39 is 41.5 Å². The number of aryl methyl sites for hydroxylation is 3. The fourth-order valence-electron chi connectivity index (χ4n) is 9.00. The van der Waals surface area contributed by atoms with Crippen molar-refractivity contribution in [1.29, 1.82) is 0 Å². The molecule has 0 aliphatic carbocycles. The largest absolute Gasteiger partial charge is 0.492 e. The number of aromatic nitrogens is 4. The quantitative estimate of drug-likeness (QED) is 0.0504. The van der Waals surface area contributed by atoms with E-state index in [0.29, 0.717) is 60.9 Å². The van der Waals surface area contributed by atoms with E-state index >= 15 is 0 Å². The van der Waals surface area contributed by atoms with Crippen molar-refractivity contribution in [2.45, 2.75) is 105 Å². The highest BCUT2D eigenvalue weighted by molar-refractivity contribution is 7.15. The molecule has 6 heterocycles. The van der Waals surface area contributed by atoms with Gasteiger partial charge < -0.3 is 40.2 Å². The van der Waals surface area contributed by atoms with Crippen LogP contribution >= 0.6 is 34.3 Å². The summed E-state index contributed by atoms with van der Waals surface area (Å²) in [7, 11) is 0. The Morgan fingerprint density at radius 2 is 1.60 bits per heavy atom. The normalized spacial score (nSPS) is 16.6. The number of rotatable bonds is 21. The number of hydrogen-bond donors (Lipinski definition) is 4. The second kappa shape index (κ2) is 24.5. The Balaban J connectivity index is 0.723. The standard InChI is InChI=1S/C55H64ClN9O8S2/c1-32-20-25-74-49(32)38-12-10-36(11-13-38)28-58-52(69)43-26-40(66)30-64(43)53(70)50(55(5,6)7)61-46(68)31-72-23-8-21-71-22-9-24-73-41-18-19-44(57-29-41)60-45(67)27-42-51-63-62-35(4)65(51)54-47(33(2)34(3)75-54)48(59-42)37-14-16-39(56)17-15-37/h10-20,25,29,40,42-43,50,66H,8-9,21-24,26-28,30-31H2,1-7H3,(H,58,69)(H,61,68)(H,57,60,67)/t40-,42+,43+,50-/m1/s1. The van der Waals surface area contributed by atoms with Gasteiger partial charge in [0, 0.05) is 71.7 Å². The molecule has 0 bridgehead atoms. The van der Waals surface area contributed by atoms with Crippen LogP contribution in [-0.2, 0) is 35.2 Å². The SMILES string of the molecule is Cc1ccsc1-c1ccc(CNC(=O)[C@@H]2C[C@@H](O)CN2C(=O)[C@@H](NC(=O)COCCCOCCCOc2ccc(NC(=O)C[C@@H]3N=C(c4ccc(Cl)cc4)c4c(sc(C)c4C)-n4c(C)nnc43)nc2)C(C)(C)C)cc1. The molecule has 4 atom stereocenters. The third-order valence-electron chi connectivity index (χ3n) is 13.1. The summed E-state index contributed by atoms with van der Waals surface area (Å²) in [5.41, 5.74) is 6.28. The number of benzene rings is 2. The number of pyridine rings is 1. The van der Waals surface area contributed by atoms with E-state index in [4.69, 9.17) is 30.8 Å². The number of halogens is 1. The number of hydrogen-bond acceptors (Lipinski definition) is 14. The van der Waals surface area contributed by atoms with Crippen molar-refractivity contribution in [2.24, 2.45) is 10.4 Å². The van der Waals surface area contributed by atoms with Gasteiger partial charge in [-0.25, -0.2) is 4.98 Å². The summed E-state index contributed by atoms with van der Waals surface area (Å²) < 4.78 is 19.2. The number of aliphatic hydroxyl groups excluding tert-OH is 1. The average molecular weight is 1080 g/mol. The number of nitrogens with one attached hydrogen (secondary N) is 3. The van der Waals surface area contributed by atoms with Crippen molar-refractivity contribution in [2.75, 3.05) is 44.9 Å². The van der Waals surface area contributed by atoms with Gasteiger partial charge in [0.25, 0.3) is 0 Å². The number of thiophene rings is 2. The van der Waals surface area contributed by atoms with Crippen molar-refractivity contribution in [3.05, 3.63) is 128 Å². The number of aliphatic imine (C=N–C) groups is 1. The van der Waals surface area contributed by atoms with Crippen LogP contribution < -0.4 is 20.7 Å². The molecule has 1 saturated heterocycles. The lowest BCUT2D eigenvalue weighted by Crippen LogP contribution is -2.58. The fourth-order valence-corrected chi connectivity index (χ4v) is 11.3. The zero-order chi connectivity index (χ0) is 53.4. The molecule has 2 aromatic carbocycles. The highest BCUT2D eigenvalue weighted by atomic mass is 35.5. The lowest BCUT2D eigenvalue weighted by molar-refractivity contribution is -0.144. The molecular weight excluding hydrogens is 1010 g/mol. The van der Waals surface area contributed by atoms with Gasteiger partial charge in [0.1, 0.15) is 47.1 Å². The lowest BCUT2D eigenvalue weighted by atomic mass is 9.85. The lowest BCUT2D eigenvalue weighted by Gasteiger charge is -2.35. The Labute approximate surface area is 450 Å². The zero-order valence-electron chi connectivity index (χ0n) is 43.3. The molecule has 0 spiro atoms. The summed E-state index contributed by atoms with van der Waals surface area (Å²) in [4.78, 5) is 67.4. The third-order valence-corrected chi connectivity index (χ3v) is 15.6. The summed E-state index contributed by atoms with van der Waals surface area (Å²) in [5.74, 6) is 0.648. The topological polar surface area (TPSA) is 211 Å². The average Bonchev–Trinajstić information content (AvgIpc) is 4.16. The first-order valence-corrected chi connectivity index (χ1v) is 27.1. The predicted octanol–water partition coefficient (Wildman–Crippen LogP) is 8.26. The van der Waals surface area contributed by atoms with Gasteiger partial charge in [-0.15, -0.1) is 32.9 Å². The molecule has 4 aromatic heterocycles. The number of ether oxygens (including phenoxy) is 3. The summed E-state index contributed by atoms with van der Waals surface area (Å²) in [6.45, 7) is 15.1. The highest BCUT2D eigenvalue weighted by Crippen LogP contribution is 2.40. The van der Waals surface area contributed by atoms with Crippen molar-refractivity contribution < 1.29 is 38.5 Å². The molecule has 20 heteroatoms. The van der Waals surface area contributed by atoms with Crippen LogP contribution in [0.5, 0.6) is 5.75 Å². The van der Waals surface area contributed by atoms with Crippen LogP contribution in [0.25, 0.3) is 15.4 Å². The van der Waals surface area contributed by atoms with Crippen LogP contribution in [0.4, 0.5) is 5.82 Å². The van der Waals surface area contributed by atoms with E-state index in [1.54, 1.807) is 41.0 Å². The molecule has 6 aromatic rings. The number of aliphatic hydroxyl groups is 1. The molecule has 0 saturated carbocycles. The Bertz CT molecular complexity index is 3000. The maximum absolute atomic E-state index is 14.0. The first kappa shape index (κ1) is 54.9. The fraction of sp³-hybridized carbons (Fsp3) is 0.418. The second-order valence-corrected chi connectivity index (χ2v) is 22.4.